The molecule has 4 heteroatoms. The van der Waals surface area contributed by atoms with E-state index in [0.717, 1.165) is 5.56 Å². The van der Waals surface area contributed by atoms with Gasteiger partial charge < -0.3 is 4.74 Å². The van der Waals surface area contributed by atoms with Crippen LogP contribution < -0.4 is 0 Å². The van der Waals surface area contributed by atoms with Gasteiger partial charge in [-0.25, -0.2) is 4.79 Å². The molecule has 0 heterocycles. The van der Waals surface area contributed by atoms with Gasteiger partial charge in [0.1, 0.15) is 0 Å². The van der Waals surface area contributed by atoms with Crippen molar-refractivity contribution in [2.24, 2.45) is 0 Å². The van der Waals surface area contributed by atoms with Crippen LogP contribution in [0.2, 0.25) is 0 Å². The van der Waals surface area contributed by atoms with Crippen LogP contribution >= 0.6 is 0 Å². The molecule has 0 aliphatic carbocycles. The van der Waals surface area contributed by atoms with Crippen molar-refractivity contribution < 1.29 is 19.3 Å². The molecule has 0 atom stereocenters. The molecule has 0 saturated carbocycles. The molecule has 76 valence electrons. The van der Waals surface area contributed by atoms with Crippen LogP contribution in [0.25, 0.3) is 0 Å². The van der Waals surface area contributed by atoms with Crippen LogP contribution in [0.3, 0.4) is 0 Å². The lowest BCUT2D eigenvalue weighted by atomic mass is 10.1. The summed E-state index contributed by atoms with van der Waals surface area (Å²) in [7, 11) is 1.45. The molecule has 0 aliphatic heterocycles. The van der Waals surface area contributed by atoms with Gasteiger partial charge >= 0.3 is 5.97 Å². The zero-order valence-corrected chi connectivity index (χ0v) is 8.15. The minimum Gasteiger partial charge on any atom is -0.355 e. The first-order chi connectivity index (χ1) is 6.75. The van der Waals surface area contributed by atoms with Crippen molar-refractivity contribution in [3.63, 3.8) is 0 Å². The third-order valence-corrected chi connectivity index (χ3v) is 1.67. The molecule has 0 aromatic heterocycles. The van der Waals surface area contributed by atoms with Gasteiger partial charge in [0.25, 0.3) is 0 Å². The second kappa shape index (κ2) is 5.36. The maximum absolute atomic E-state index is 11.3. The highest BCUT2D eigenvalue weighted by atomic mass is 17.2. The summed E-state index contributed by atoms with van der Waals surface area (Å²) in [4.78, 5) is 20.3. The first-order valence-corrected chi connectivity index (χ1v) is 4.14. The summed E-state index contributed by atoms with van der Waals surface area (Å²) in [6.07, 6.45) is 0. The molecule has 4 nitrogen and oxygen atoms in total. The molecule has 0 aliphatic rings. The number of carbonyl (C=O) groups excluding carboxylic acids is 1. The molecule has 14 heavy (non-hydrogen) atoms. The second-order valence-corrected chi connectivity index (χ2v) is 2.71. The third-order valence-electron chi connectivity index (χ3n) is 1.67. The Balaban J connectivity index is 2.56. The number of hydrogen-bond acceptors (Lipinski definition) is 4. The van der Waals surface area contributed by atoms with Crippen molar-refractivity contribution in [3.05, 3.63) is 35.4 Å². The summed E-state index contributed by atoms with van der Waals surface area (Å²) in [5.41, 5.74) is 1.34. The van der Waals surface area contributed by atoms with Gasteiger partial charge in [-0.3, -0.25) is 4.89 Å². The largest absolute Gasteiger partial charge is 0.373 e. The monoisotopic (exact) mass is 196 g/mol. The molecule has 0 fully saturated rings. The topological polar surface area (TPSA) is 44.8 Å². The van der Waals surface area contributed by atoms with E-state index in [1.54, 1.807) is 12.1 Å². The summed E-state index contributed by atoms with van der Waals surface area (Å²) in [6, 6.07) is 7.11. The lowest BCUT2D eigenvalue weighted by molar-refractivity contribution is -0.286. The van der Waals surface area contributed by atoms with Crippen molar-refractivity contribution in [1.29, 1.82) is 0 Å². The van der Waals surface area contributed by atoms with Crippen molar-refractivity contribution in [1.82, 2.24) is 0 Å². The van der Waals surface area contributed by atoms with E-state index in [4.69, 9.17) is 0 Å². The lowest BCUT2D eigenvalue weighted by Gasteiger charge is -2.04. The number of benzene rings is 1. The first-order valence-electron chi connectivity index (χ1n) is 4.14. The Morgan fingerprint density at radius 3 is 2.71 bits per heavy atom. The predicted molar refractivity (Wildman–Crippen MR) is 49.6 cm³/mol. The molecule has 1 aromatic rings. The van der Waals surface area contributed by atoms with Gasteiger partial charge in [-0.05, 0) is 18.6 Å². The van der Waals surface area contributed by atoms with Gasteiger partial charge in [-0.2, -0.15) is 4.89 Å². The Kier molecular flexibility index (Phi) is 4.10. The fraction of sp³-hybridized carbons (Fsp3) is 0.300. The summed E-state index contributed by atoms with van der Waals surface area (Å²) in [5, 5.41) is 0. The van der Waals surface area contributed by atoms with Crippen LogP contribution in [0.4, 0.5) is 0 Å². The van der Waals surface area contributed by atoms with E-state index in [0.29, 0.717) is 5.56 Å². The number of ether oxygens (including phenoxy) is 1. The van der Waals surface area contributed by atoms with Gasteiger partial charge in [0.2, 0.25) is 0 Å². The van der Waals surface area contributed by atoms with E-state index in [1.165, 1.54) is 7.11 Å². The van der Waals surface area contributed by atoms with Crippen molar-refractivity contribution in [2.45, 2.75) is 6.92 Å². The van der Waals surface area contributed by atoms with Crippen molar-refractivity contribution >= 4 is 5.97 Å². The van der Waals surface area contributed by atoms with Crippen LogP contribution in [-0.2, 0) is 14.5 Å². The van der Waals surface area contributed by atoms with E-state index < -0.39 is 5.97 Å². The Bertz CT molecular complexity index is 309. The van der Waals surface area contributed by atoms with E-state index in [-0.39, 0.29) is 6.79 Å². The fourth-order valence-electron chi connectivity index (χ4n) is 0.973. The average molecular weight is 196 g/mol. The summed E-state index contributed by atoms with van der Waals surface area (Å²) < 4.78 is 4.56. The van der Waals surface area contributed by atoms with E-state index >= 15 is 0 Å². The Labute approximate surface area is 82.3 Å². The van der Waals surface area contributed by atoms with Gasteiger partial charge in [0, 0.05) is 7.11 Å². The molecule has 0 amide bonds. The molecule has 0 N–H and O–H groups in total. The van der Waals surface area contributed by atoms with Crippen molar-refractivity contribution in [2.75, 3.05) is 13.9 Å². The number of methoxy groups -OCH3 is 1. The molecule has 0 saturated heterocycles. The molecular formula is C10H12O4. The fourth-order valence-corrected chi connectivity index (χ4v) is 0.973. The van der Waals surface area contributed by atoms with Crippen LogP contribution in [0.15, 0.2) is 24.3 Å². The number of aryl methyl sites for hydroxylation is 1. The average Bonchev–Trinajstić information content (AvgIpc) is 2.18. The van der Waals surface area contributed by atoms with Crippen LogP contribution in [0.1, 0.15) is 15.9 Å². The molecule has 0 spiro atoms. The van der Waals surface area contributed by atoms with E-state index in [1.807, 2.05) is 19.1 Å². The Hall–Kier alpha value is -1.39. The maximum atomic E-state index is 11.3. The van der Waals surface area contributed by atoms with Crippen LogP contribution in [0, 0.1) is 6.92 Å². The van der Waals surface area contributed by atoms with E-state index in [9.17, 15) is 4.79 Å². The van der Waals surface area contributed by atoms with E-state index in [2.05, 4.69) is 14.5 Å². The van der Waals surface area contributed by atoms with Gasteiger partial charge in [0.05, 0.1) is 5.56 Å². The van der Waals surface area contributed by atoms with Gasteiger partial charge in [-0.1, -0.05) is 18.2 Å². The highest BCUT2D eigenvalue weighted by Gasteiger charge is 2.10. The normalized spacial score (nSPS) is 9.86. The molecule has 0 unspecified atom stereocenters. The maximum Gasteiger partial charge on any atom is 0.373 e. The number of hydrogen-bond donors (Lipinski definition) is 0. The molecule has 1 rings (SSSR count). The molecule has 0 bridgehead atoms. The summed E-state index contributed by atoms with van der Waals surface area (Å²) in [6.45, 7) is 1.75. The Morgan fingerprint density at radius 2 is 2.07 bits per heavy atom. The number of rotatable bonds is 4. The minimum absolute atomic E-state index is 0.0718. The third kappa shape index (κ3) is 2.83. The van der Waals surface area contributed by atoms with Gasteiger partial charge in [-0.15, -0.1) is 0 Å². The lowest BCUT2D eigenvalue weighted by Crippen LogP contribution is -2.08. The minimum atomic E-state index is -0.514. The highest BCUT2D eigenvalue weighted by molar-refractivity contribution is 5.90. The first kappa shape index (κ1) is 10.7. The smallest absolute Gasteiger partial charge is 0.355 e. The summed E-state index contributed by atoms with van der Waals surface area (Å²) in [5.74, 6) is -0.514. The van der Waals surface area contributed by atoms with Gasteiger partial charge in [0.15, 0.2) is 6.79 Å². The Morgan fingerprint density at radius 1 is 1.36 bits per heavy atom. The zero-order chi connectivity index (χ0) is 10.4. The summed E-state index contributed by atoms with van der Waals surface area (Å²) >= 11 is 0. The van der Waals surface area contributed by atoms with Crippen LogP contribution in [0.5, 0.6) is 0 Å². The zero-order valence-electron chi connectivity index (χ0n) is 8.15. The van der Waals surface area contributed by atoms with Crippen molar-refractivity contribution in [3.8, 4) is 0 Å². The molecule has 1 aromatic carbocycles. The highest BCUT2D eigenvalue weighted by Crippen LogP contribution is 2.08. The standard InChI is InChI=1S/C10H12O4/c1-8-5-3-4-6-9(8)10(11)14-13-7-12-2/h3-6H,7H2,1-2H3. The predicted octanol–water partition coefficient (Wildman–Crippen LogP) is 1.69. The van der Waals surface area contributed by atoms with Crippen LogP contribution in [-0.4, -0.2) is 19.9 Å². The number of carbonyl (C=O) groups is 1. The molecular weight excluding hydrogens is 184 g/mol. The second-order valence-electron chi connectivity index (χ2n) is 2.71. The quantitative estimate of drug-likeness (QED) is 0.318. The SMILES string of the molecule is COCOOC(=O)c1ccccc1C. The molecule has 0 radical (unpaired) electrons.